The minimum absolute atomic E-state index is 0.0300. The highest BCUT2D eigenvalue weighted by Gasteiger charge is 2.30. The van der Waals surface area contributed by atoms with Gasteiger partial charge in [-0.2, -0.15) is 0 Å². The van der Waals surface area contributed by atoms with Crippen LogP contribution in [-0.2, 0) is 38.1 Å². The molecule has 0 atom stereocenters. The molecule has 1 heterocycles. The summed E-state index contributed by atoms with van der Waals surface area (Å²) < 4.78 is 44.8. The van der Waals surface area contributed by atoms with E-state index in [9.17, 15) is 22.6 Å². The number of carbonyl (C=O) groups is 1. The molecule has 2 aromatic carbocycles. The molecule has 0 fully saturated rings. The first-order valence-corrected chi connectivity index (χ1v) is 9.26. The van der Waals surface area contributed by atoms with Gasteiger partial charge >= 0.3 is 13.1 Å². The number of halogens is 1. The molecule has 4 N–H and O–H groups in total. The van der Waals surface area contributed by atoms with E-state index >= 15 is 0 Å². The van der Waals surface area contributed by atoms with Crippen molar-refractivity contribution in [2.75, 3.05) is 5.73 Å². The summed E-state index contributed by atoms with van der Waals surface area (Å²) in [6.45, 7) is 0.0428. The second kappa shape index (κ2) is 6.71. The summed E-state index contributed by atoms with van der Waals surface area (Å²) in [4.78, 5) is 10.8. The molecule has 10 heteroatoms. The molecule has 26 heavy (non-hydrogen) atoms. The van der Waals surface area contributed by atoms with Gasteiger partial charge in [0.25, 0.3) is 0 Å². The Morgan fingerprint density at radius 2 is 2.00 bits per heavy atom. The van der Waals surface area contributed by atoms with E-state index in [1.54, 1.807) is 0 Å². The molecule has 0 aliphatic carbocycles. The number of nitrogens with two attached hydrogens (primary N) is 1. The number of sulfone groups is 1. The van der Waals surface area contributed by atoms with Crippen LogP contribution >= 0.6 is 0 Å². The van der Waals surface area contributed by atoms with Crippen molar-refractivity contribution in [3.8, 4) is 0 Å². The molecule has 136 valence electrons. The zero-order valence-electron chi connectivity index (χ0n) is 13.5. The van der Waals surface area contributed by atoms with E-state index < -0.39 is 40.9 Å². The standard InChI is InChI=1S/C16H15BFNO6S/c18-14-5-10-7-25-17(22)13(10)4-11(14)8-26(23,24)15-2-1-12(19)3-9(15)6-16(20)21/h1-5,22H,6-8,19H2,(H,20,21). The van der Waals surface area contributed by atoms with Crippen LogP contribution in [0.5, 0.6) is 0 Å². The molecule has 0 saturated heterocycles. The molecule has 0 radical (unpaired) electrons. The fourth-order valence-corrected chi connectivity index (χ4v) is 4.48. The third-order valence-corrected chi connectivity index (χ3v) is 5.84. The van der Waals surface area contributed by atoms with Crippen LogP contribution in [0.2, 0.25) is 0 Å². The van der Waals surface area contributed by atoms with Gasteiger partial charge in [-0.15, -0.1) is 0 Å². The molecule has 0 bridgehead atoms. The molecular formula is C16H15BFNO6S. The number of aliphatic carboxylic acids is 1. The number of hydrogen-bond donors (Lipinski definition) is 3. The Hall–Kier alpha value is -2.43. The predicted octanol–water partition coefficient (Wildman–Crippen LogP) is 0.227. The minimum Gasteiger partial charge on any atom is -0.481 e. The van der Waals surface area contributed by atoms with Crippen molar-refractivity contribution < 1.29 is 32.4 Å². The second-order valence-electron chi connectivity index (χ2n) is 6.00. The molecule has 0 amide bonds. The first-order chi connectivity index (χ1) is 12.2. The van der Waals surface area contributed by atoms with Crippen LogP contribution in [0.15, 0.2) is 35.2 Å². The zero-order chi connectivity index (χ0) is 19.1. The van der Waals surface area contributed by atoms with Gasteiger partial charge in [0.2, 0.25) is 0 Å². The number of carboxylic acid groups (broad SMARTS) is 1. The van der Waals surface area contributed by atoms with E-state index in [2.05, 4.69) is 0 Å². The van der Waals surface area contributed by atoms with Crippen LogP contribution < -0.4 is 11.2 Å². The lowest BCUT2D eigenvalue weighted by Gasteiger charge is -2.12. The summed E-state index contributed by atoms with van der Waals surface area (Å²) in [6, 6.07) is 6.23. The first-order valence-electron chi connectivity index (χ1n) is 7.61. The lowest BCUT2D eigenvalue weighted by molar-refractivity contribution is -0.136. The number of rotatable bonds is 5. The highest BCUT2D eigenvalue weighted by atomic mass is 32.2. The van der Waals surface area contributed by atoms with E-state index in [-0.39, 0.29) is 28.3 Å². The molecule has 1 aliphatic rings. The van der Waals surface area contributed by atoms with Crippen molar-refractivity contribution in [2.24, 2.45) is 0 Å². The predicted molar refractivity (Wildman–Crippen MR) is 91.9 cm³/mol. The van der Waals surface area contributed by atoms with Gasteiger partial charge < -0.3 is 20.5 Å². The van der Waals surface area contributed by atoms with Crippen molar-refractivity contribution in [1.82, 2.24) is 0 Å². The summed E-state index contributed by atoms with van der Waals surface area (Å²) in [5, 5.41) is 18.7. The monoisotopic (exact) mass is 379 g/mol. The van der Waals surface area contributed by atoms with E-state index in [1.165, 1.54) is 24.3 Å². The number of fused-ring (bicyclic) bond motifs is 1. The first kappa shape index (κ1) is 18.4. The molecule has 7 nitrogen and oxygen atoms in total. The quantitative estimate of drug-likeness (QED) is 0.501. The fraction of sp³-hybridized carbons (Fsp3) is 0.188. The summed E-state index contributed by atoms with van der Waals surface area (Å²) in [5.41, 5.74) is 6.51. The van der Waals surface area contributed by atoms with Crippen molar-refractivity contribution >= 4 is 34.1 Å². The highest BCUT2D eigenvalue weighted by molar-refractivity contribution is 7.90. The van der Waals surface area contributed by atoms with Crippen LogP contribution in [0.1, 0.15) is 16.7 Å². The molecule has 0 aromatic heterocycles. The third kappa shape index (κ3) is 3.57. The average Bonchev–Trinajstić information content (AvgIpc) is 2.87. The van der Waals surface area contributed by atoms with Crippen molar-refractivity contribution in [1.29, 1.82) is 0 Å². The molecular weight excluding hydrogens is 364 g/mol. The average molecular weight is 379 g/mol. The lowest BCUT2D eigenvalue weighted by Crippen LogP contribution is -2.29. The molecule has 2 aromatic rings. The van der Waals surface area contributed by atoms with Crippen LogP contribution in [0.4, 0.5) is 10.1 Å². The van der Waals surface area contributed by atoms with E-state index in [4.69, 9.17) is 15.5 Å². The number of carboxylic acids is 1. The number of anilines is 1. The van der Waals surface area contributed by atoms with Crippen LogP contribution in [-0.4, -0.2) is 31.6 Å². The van der Waals surface area contributed by atoms with Gasteiger partial charge in [-0.3, -0.25) is 4.79 Å². The number of nitrogen functional groups attached to an aromatic ring is 1. The summed E-state index contributed by atoms with van der Waals surface area (Å²) in [6.07, 6.45) is -0.529. The molecule has 0 saturated carbocycles. The lowest BCUT2D eigenvalue weighted by atomic mass is 9.79. The molecule has 0 spiro atoms. The Kier molecular flexibility index (Phi) is 4.74. The van der Waals surface area contributed by atoms with Crippen molar-refractivity contribution in [3.63, 3.8) is 0 Å². The maximum atomic E-state index is 14.3. The fourth-order valence-electron chi connectivity index (χ4n) is 2.89. The normalized spacial score (nSPS) is 13.7. The largest absolute Gasteiger partial charge is 0.491 e. The Bertz CT molecular complexity index is 994. The molecule has 1 aliphatic heterocycles. The summed E-state index contributed by atoms with van der Waals surface area (Å²) in [5.74, 6) is -2.63. The van der Waals surface area contributed by atoms with Crippen molar-refractivity contribution in [3.05, 3.63) is 52.8 Å². The Labute approximate surface area is 149 Å². The Morgan fingerprint density at radius 1 is 1.27 bits per heavy atom. The molecule has 3 rings (SSSR count). The Balaban J connectivity index is 2.01. The maximum Gasteiger partial charge on any atom is 0.491 e. The van der Waals surface area contributed by atoms with Gasteiger partial charge in [-0.1, -0.05) is 6.07 Å². The van der Waals surface area contributed by atoms with Crippen molar-refractivity contribution in [2.45, 2.75) is 23.7 Å². The zero-order valence-corrected chi connectivity index (χ0v) is 14.3. The number of benzene rings is 2. The smallest absolute Gasteiger partial charge is 0.481 e. The van der Waals surface area contributed by atoms with Gasteiger partial charge in [0.15, 0.2) is 9.84 Å². The van der Waals surface area contributed by atoms with E-state index in [0.717, 1.165) is 6.07 Å². The minimum atomic E-state index is -4.05. The third-order valence-electron chi connectivity index (χ3n) is 4.08. The van der Waals surface area contributed by atoms with Gasteiger partial charge in [0, 0.05) is 11.3 Å². The van der Waals surface area contributed by atoms with E-state index in [0.29, 0.717) is 11.0 Å². The summed E-state index contributed by atoms with van der Waals surface area (Å²) in [7, 11) is -5.28. The molecule has 0 unspecified atom stereocenters. The second-order valence-corrected chi connectivity index (χ2v) is 7.96. The van der Waals surface area contributed by atoms with Crippen LogP contribution in [0, 0.1) is 5.82 Å². The van der Waals surface area contributed by atoms with Gasteiger partial charge in [-0.25, -0.2) is 12.8 Å². The SMILES string of the molecule is Nc1ccc(S(=O)(=O)Cc2cc3c(cc2F)COB3O)c(CC(=O)O)c1. The summed E-state index contributed by atoms with van der Waals surface area (Å²) >= 11 is 0. The van der Waals surface area contributed by atoms with Crippen LogP contribution in [0.3, 0.4) is 0 Å². The van der Waals surface area contributed by atoms with Crippen LogP contribution in [0.25, 0.3) is 0 Å². The topological polar surface area (TPSA) is 127 Å². The number of hydrogen-bond acceptors (Lipinski definition) is 6. The highest BCUT2D eigenvalue weighted by Crippen LogP contribution is 2.25. The van der Waals surface area contributed by atoms with Gasteiger partial charge in [0.1, 0.15) is 5.82 Å². The Morgan fingerprint density at radius 3 is 2.69 bits per heavy atom. The van der Waals surface area contributed by atoms with E-state index in [1.807, 2.05) is 0 Å². The van der Waals surface area contributed by atoms with Gasteiger partial charge in [0.05, 0.1) is 23.7 Å². The van der Waals surface area contributed by atoms with Gasteiger partial charge in [-0.05, 0) is 40.9 Å². The maximum absolute atomic E-state index is 14.3.